The zero-order valence-electron chi connectivity index (χ0n) is 17.5. The second kappa shape index (κ2) is 10.9. The van der Waals surface area contributed by atoms with E-state index < -0.39 is 12.1 Å². The van der Waals surface area contributed by atoms with E-state index in [1.54, 1.807) is 7.05 Å². The van der Waals surface area contributed by atoms with Gasteiger partial charge in [0.15, 0.2) is 0 Å². The Hall–Kier alpha value is -3.64. The van der Waals surface area contributed by atoms with Crippen LogP contribution in [0.15, 0.2) is 84.9 Å². The van der Waals surface area contributed by atoms with Gasteiger partial charge in [-0.1, -0.05) is 72.8 Å². The number of benzene rings is 3. The minimum absolute atomic E-state index is 0.135. The average molecular weight is 418 g/mol. The number of ether oxygens (including phenoxy) is 1. The number of nitrogens with zero attached hydrogens (tertiary/aromatic N) is 1. The van der Waals surface area contributed by atoms with Gasteiger partial charge in [0.05, 0.1) is 0 Å². The highest BCUT2D eigenvalue weighted by molar-refractivity contribution is 5.97. The molecule has 6 nitrogen and oxygen atoms in total. The number of rotatable bonds is 8. The van der Waals surface area contributed by atoms with Crippen molar-refractivity contribution in [2.24, 2.45) is 5.73 Å². The van der Waals surface area contributed by atoms with Gasteiger partial charge >= 0.3 is 6.09 Å². The van der Waals surface area contributed by atoms with Crippen molar-refractivity contribution in [1.29, 1.82) is 0 Å². The van der Waals surface area contributed by atoms with E-state index in [1.807, 2.05) is 84.9 Å². The number of carbonyl (C=O) groups is 2. The Morgan fingerprint density at radius 3 is 2.13 bits per heavy atom. The summed E-state index contributed by atoms with van der Waals surface area (Å²) in [7, 11) is 1.56. The van der Waals surface area contributed by atoms with E-state index >= 15 is 0 Å². The molecule has 3 aromatic carbocycles. The van der Waals surface area contributed by atoms with Gasteiger partial charge < -0.3 is 15.8 Å². The van der Waals surface area contributed by atoms with Gasteiger partial charge in [0.25, 0.3) is 5.91 Å². The fourth-order valence-corrected chi connectivity index (χ4v) is 3.24. The zero-order chi connectivity index (χ0) is 22.1. The summed E-state index contributed by atoms with van der Waals surface area (Å²) in [6.45, 7) is 0.702. The number of nitrogens with two attached hydrogens (primary N) is 1. The molecule has 6 heteroatoms. The van der Waals surface area contributed by atoms with E-state index in [-0.39, 0.29) is 12.5 Å². The van der Waals surface area contributed by atoms with Crippen molar-refractivity contribution in [2.75, 3.05) is 18.9 Å². The second-order valence-corrected chi connectivity index (χ2v) is 7.19. The van der Waals surface area contributed by atoms with Crippen LogP contribution < -0.4 is 11.1 Å². The van der Waals surface area contributed by atoms with Gasteiger partial charge in [-0.05, 0) is 41.8 Å². The molecule has 0 aliphatic carbocycles. The predicted octanol–water partition coefficient (Wildman–Crippen LogP) is 4.14. The van der Waals surface area contributed by atoms with Crippen molar-refractivity contribution in [1.82, 2.24) is 4.90 Å². The number of nitrogens with one attached hydrogen (secondary N) is 1. The summed E-state index contributed by atoms with van der Waals surface area (Å²) in [6.07, 6.45) is 0.197. The van der Waals surface area contributed by atoms with Crippen LogP contribution in [0.3, 0.4) is 0 Å². The Morgan fingerprint density at radius 1 is 0.903 bits per heavy atom. The standard InChI is InChI=1S/C25H27N3O3/c1-28(25(30)31-18-20-8-4-2-5-9-20)23(21-10-6-3-7-11-21)24(29)27-22-14-12-19(13-15-22)16-17-26/h2-15,23H,16-18,26H2,1H3,(H,27,29). The van der Waals surface area contributed by atoms with Gasteiger partial charge in [0, 0.05) is 12.7 Å². The van der Waals surface area contributed by atoms with Crippen LogP contribution in [-0.2, 0) is 22.6 Å². The Balaban J connectivity index is 1.74. The Bertz CT molecular complexity index is 976. The number of carbonyl (C=O) groups excluding carboxylic acids is 2. The second-order valence-electron chi connectivity index (χ2n) is 7.19. The van der Waals surface area contributed by atoms with Crippen LogP contribution in [0, 0.1) is 0 Å². The third-order valence-corrected chi connectivity index (χ3v) is 4.90. The smallest absolute Gasteiger partial charge is 0.410 e. The first kappa shape index (κ1) is 22.1. The number of likely N-dealkylation sites (N-methyl/N-ethyl adjacent to an activating group) is 1. The average Bonchev–Trinajstić information content (AvgIpc) is 2.80. The molecule has 3 rings (SSSR count). The lowest BCUT2D eigenvalue weighted by atomic mass is 10.0. The van der Waals surface area contributed by atoms with E-state index in [1.165, 1.54) is 4.90 Å². The van der Waals surface area contributed by atoms with E-state index in [4.69, 9.17) is 10.5 Å². The van der Waals surface area contributed by atoms with Crippen molar-refractivity contribution >= 4 is 17.7 Å². The Morgan fingerprint density at radius 2 is 1.52 bits per heavy atom. The van der Waals surface area contributed by atoms with Crippen LogP contribution in [0.1, 0.15) is 22.7 Å². The van der Waals surface area contributed by atoms with Gasteiger partial charge in [-0.15, -0.1) is 0 Å². The number of anilines is 1. The summed E-state index contributed by atoms with van der Waals surface area (Å²) < 4.78 is 5.43. The molecule has 0 spiro atoms. The van der Waals surface area contributed by atoms with Crippen molar-refractivity contribution in [3.8, 4) is 0 Å². The third kappa shape index (κ3) is 6.17. The van der Waals surface area contributed by atoms with E-state index in [9.17, 15) is 9.59 Å². The molecule has 0 radical (unpaired) electrons. The van der Waals surface area contributed by atoms with Crippen LogP contribution in [-0.4, -0.2) is 30.5 Å². The molecule has 3 aromatic rings. The first-order valence-electron chi connectivity index (χ1n) is 10.2. The summed E-state index contributed by atoms with van der Waals surface area (Å²) in [5.41, 5.74) is 8.91. The molecule has 3 N–H and O–H groups in total. The topological polar surface area (TPSA) is 84.7 Å². The molecule has 0 aliphatic rings. The summed E-state index contributed by atoms with van der Waals surface area (Å²) in [5, 5.41) is 2.90. The van der Waals surface area contributed by atoms with Crippen LogP contribution in [0.25, 0.3) is 0 Å². The van der Waals surface area contributed by atoms with Crippen molar-refractivity contribution in [3.63, 3.8) is 0 Å². The molecule has 0 bridgehead atoms. The Kier molecular flexibility index (Phi) is 7.79. The van der Waals surface area contributed by atoms with Crippen molar-refractivity contribution < 1.29 is 14.3 Å². The fraction of sp³-hybridized carbons (Fsp3) is 0.200. The summed E-state index contributed by atoms with van der Waals surface area (Å²) in [6, 6.07) is 25.3. The van der Waals surface area contributed by atoms with Crippen molar-refractivity contribution in [2.45, 2.75) is 19.1 Å². The summed E-state index contributed by atoms with van der Waals surface area (Å²) >= 11 is 0. The quantitative estimate of drug-likeness (QED) is 0.577. The molecule has 0 aliphatic heterocycles. The van der Waals surface area contributed by atoms with Gasteiger partial charge in [-0.25, -0.2) is 4.79 Å². The number of amides is 2. The van der Waals surface area contributed by atoms with Crippen LogP contribution in [0.2, 0.25) is 0 Å². The first-order valence-corrected chi connectivity index (χ1v) is 10.2. The summed E-state index contributed by atoms with van der Waals surface area (Å²) in [4.78, 5) is 27.2. The highest BCUT2D eigenvalue weighted by atomic mass is 16.6. The summed E-state index contributed by atoms with van der Waals surface area (Å²) in [5.74, 6) is -0.322. The molecule has 2 amide bonds. The predicted molar refractivity (Wildman–Crippen MR) is 121 cm³/mol. The Labute approximate surface area is 182 Å². The minimum Gasteiger partial charge on any atom is -0.445 e. The SMILES string of the molecule is CN(C(=O)OCc1ccccc1)C(C(=O)Nc1ccc(CCN)cc1)c1ccccc1. The molecule has 0 saturated heterocycles. The molecular formula is C25H27N3O3. The van der Waals surface area contributed by atoms with Crippen LogP contribution in [0.4, 0.5) is 10.5 Å². The minimum atomic E-state index is -0.840. The largest absolute Gasteiger partial charge is 0.445 e. The lowest BCUT2D eigenvalue weighted by molar-refractivity contribution is -0.120. The third-order valence-electron chi connectivity index (χ3n) is 4.90. The lowest BCUT2D eigenvalue weighted by Gasteiger charge is -2.27. The maximum absolute atomic E-state index is 13.2. The molecule has 160 valence electrons. The van der Waals surface area contributed by atoms with E-state index in [2.05, 4.69) is 5.32 Å². The number of hydrogen-bond acceptors (Lipinski definition) is 4. The molecule has 0 aromatic heterocycles. The highest BCUT2D eigenvalue weighted by Gasteiger charge is 2.29. The maximum atomic E-state index is 13.2. The highest BCUT2D eigenvalue weighted by Crippen LogP contribution is 2.23. The monoisotopic (exact) mass is 417 g/mol. The lowest BCUT2D eigenvalue weighted by Crippen LogP contribution is -2.39. The molecule has 1 atom stereocenters. The van der Waals surface area contributed by atoms with Gasteiger partial charge in [-0.2, -0.15) is 0 Å². The zero-order valence-corrected chi connectivity index (χ0v) is 17.5. The molecule has 0 heterocycles. The van der Waals surface area contributed by atoms with Crippen LogP contribution >= 0.6 is 0 Å². The molecule has 0 saturated carbocycles. The molecule has 1 unspecified atom stereocenters. The van der Waals surface area contributed by atoms with Crippen LogP contribution in [0.5, 0.6) is 0 Å². The van der Waals surface area contributed by atoms with Gasteiger partial charge in [0.2, 0.25) is 0 Å². The van der Waals surface area contributed by atoms with Gasteiger partial charge in [-0.3, -0.25) is 9.69 Å². The normalized spacial score (nSPS) is 11.4. The maximum Gasteiger partial charge on any atom is 0.410 e. The van der Waals surface area contributed by atoms with E-state index in [0.717, 1.165) is 17.5 Å². The first-order chi connectivity index (χ1) is 15.1. The van der Waals surface area contributed by atoms with E-state index in [0.29, 0.717) is 17.8 Å². The van der Waals surface area contributed by atoms with Gasteiger partial charge in [0.1, 0.15) is 12.6 Å². The molecule has 31 heavy (non-hydrogen) atoms. The van der Waals surface area contributed by atoms with Crippen molar-refractivity contribution in [3.05, 3.63) is 102 Å². The molecular weight excluding hydrogens is 390 g/mol. The molecule has 0 fully saturated rings. The fourth-order valence-electron chi connectivity index (χ4n) is 3.24. The number of hydrogen-bond donors (Lipinski definition) is 2.